The van der Waals surface area contributed by atoms with Crippen molar-refractivity contribution in [2.24, 2.45) is 17.8 Å². The van der Waals surface area contributed by atoms with Gasteiger partial charge in [0.05, 0.1) is 24.2 Å². The molecule has 3 heterocycles. The number of thiazole rings is 1. The van der Waals surface area contributed by atoms with Gasteiger partial charge in [-0.3, -0.25) is 0 Å². The summed E-state index contributed by atoms with van der Waals surface area (Å²) in [7, 11) is -3.49. The molecule has 1 aromatic heterocycles. The van der Waals surface area contributed by atoms with E-state index in [-0.39, 0.29) is 6.04 Å². The standard InChI is InChI=1S/C23H29N3O3S2/c27-31(28,26-9-11-29-12-10-26)16-5-7-20-19(14-16)18-6-4-15-2-1-3-17(15)21(18)22(25-20)23-24-8-13-30-23/h5,7-8,13-15,17-18,21-22,25H,1-4,6,9-12H2. The third-order valence-electron chi connectivity index (χ3n) is 7.97. The molecule has 6 rings (SSSR count). The van der Waals surface area contributed by atoms with Gasteiger partial charge in [-0.2, -0.15) is 4.31 Å². The molecule has 166 valence electrons. The van der Waals surface area contributed by atoms with E-state index >= 15 is 0 Å². The monoisotopic (exact) mass is 459 g/mol. The number of benzene rings is 1. The smallest absolute Gasteiger partial charge is 0.243 e. The van der Waals surface area contributed by atoms with Gasteiger partial charge in [-0.1, -0.05) is 12.8 Å². The lowest BCUT2D eigenvalue weighted by Crippen LogP contribution is -2.42. The number of rotatable bonds is 3. The van der Waals surface area contributed by atoms with Crippen LogP contribution in [0.3, 0.4) is 0 Å². The van der Waals surface area contributed by atoms with Gasteiger partial charge in [0.15, 0.2) is 0 Å². The Bertz CT molecular complexity index is 1050. The summed E-state index contributed by atoms with van der Waals surface area (Å²) in [6.07, 6.45) is 8.26. The van der Waals surface area contributed by atoms with Gasteiger partial charge in [0.25, 0.3) is 0 Å². The molecule has 31 heavy (non-hydrogen) atoms. The third-order valence-corrected chi connectivity index (χ3v) is 10.7. The molecule has 4 aliphatic rings. The summed E-state index contributed by atoms with van der Waals surface area (Å²) in [6, 6.07) is 5.96. The Kier molecular flexibility index (Phi) is 5.09. The Morgan fingerprint density at radius 1 is 1.13 bits per heavy atom. The predicted octanol–water partition coefficient (Wildman–Crippen LogP) is 4.24. The summed E-state index contributed by atoms with van der Waals surface area (Å²) in [6.45, 7) is 1.79. The van der Waals surface area contributed by atoms with Crippen molar-refractivity contribution < 1.29 is 13.2 Å². The molecular weight excluding hydrogens is 430 g/mol. The minimum absolute atomic E-state index is 0.227. The molecule has 0 amide bonds. The van der Waals surface area contributed by atoms with E-state index < -0.39 is 10.0 Å². The van der Waals surface area contributed by atoms with E-state index in [9.17, 15) is 8.42 Å². The number of nitrogens with zero attached hydrogens (tertiary/aromatic N) is 2. The number of sulfonamides is 1. The summed E-state index contributed by atoms with van der Waals surface area (Å²) in [5.74, 6) is 2.39. The van der Waals surface area contributed by atoms with Crippen LogP contribution in [-0.2, 0) is 14.8 Å². The normalized spacial score (nSPS) is 33.2. The van der Waals surface area contributed by atoms with Crippen LogP contribution >= 0.6 is 11.3 Å². The maximum absolute atomic E-state index is 13.3. The first-order chi connectivity index (χ1) is 15.1. The van der Waals surface area contributed by atoms with Crippen LogP contribution in [0, 0.1) is 17.8 Å². The van der Waals surface area contributed by atoms with Crippen LogP contribution in [0.25, 0.3) is 0 Å². The van der Waals surface area contributed by atoms with E-state index in [4.69, 9.17) is 4.74 Å². The second kappa shape index (κ2) is 7.83. The quantitative estimate of drug-likeness (QED) is 0.743. The second-order valence-corrected chi connectivity index (χ2v) is 12.2. The SMILES string of the molecule is O=S(=O)(c1ccc2c(c1)C1CCC3CCCC3C1C(c1nccs1)N2)N1CCOCC1. The average molecular weight is 460 g/mol. The molecule has 0 bridgehead atoms. The van der Waals surface area contributed by atoms with Gasteiger partial charge in [-0.15, -0.1) is 11.3 Å². The molecule has 1 aromatic carbocycles. The zero-order valence-corrected chi connectivity index (χ0v) is 19.2. The summed E-state index contributed by atoms with van der Waals surface area (Å²) in [4.78, 5) is 5.10. The van der Waals surface area contributed by atoms with Crippen LogP contribution < -0.4 is 5.32 Å². The van der Waals surface area contributed by atoms with Gasteiger partial charge in [0.1, 0.15) is 5.01 Å². The Morgan fingerprint density at radius 3 is 2.81 bits per heavy atom. The van der Waals surface area contributed by atoms with E-state index in [0.29, 0.717) is 49.0 Å². The van der Waals surface area contributed by atoms with Gasteiger partial charge in [-0.05, 0) is 66.7 Å². The molecule has 2 aromatic rings. The van der Waals surface area contributed by atoms with Crippen LogP contribution in [0.1, 0.15) is 54.6 Å². The first kappa shape index (κ1) is 20.1. The van der Waals surface area contributed by atoms with Crippen molar-refractivity contribution in [3.63, 3.8) is 0 Å². The molecule has 3 fully saturated rings. The molecule has 5 atom stereocenters. The topological polar surface area (TPSA) is 71.5 Å². The number of ether oxygens (including phenoxy) is 1. The van der Waals surface area contributed by atoms with Gasteiger partial charge < -0.3 is 10.1 Å². The highest BCUT2D eigenvalue weighted by atomic mass is 32.2. The molecule has 1 saturated heterocycles. The molecule has 8 heteroatoms. The highest BCUT2D eigenvalue weighted by molar-refractivity contribution is 7.89. The molecule has 2 saturated carbocycles. The molecule has 2 aliphatic carbocycles. The van der Waals surface area contributed by atoms with Crippen molar-refractivity contribution in [1.82, 2.24) is 9.29 Å². The Balaban J connectivity index is 1.41. The van der Waals surface area contributed by atoms with Crippen LogP contribution in [0.5, 0.6) is 0 Å². The first-order valence-electron chi connectivity index (χ1n) is 11.5. The average Bonchev–Trinajstić information content (AvgIpc) is 3.50. The van der Waals surface area contributed by atoms with Crippen LogP contribution in [-0.4, -0.2) is 44.0 Å². The number of fused-ring (bicyclic) bond motifs is 5. The second-order valence-electron chi connectivity index (χ2n) is 9.37. The van der Waals surface area contributed by atoms with Crippen molar-refractivity contribution in [2.45, 2.75) is 49.0 Å². The van der Waals surface area contributed by atoms with Gasteiger partial charge in [-0.25, -0.2) is 13.4 Å². The fourth-order valence-electron chi connectivity index (χ4n) is 6.61. The first-order valence-corrected chi connectivity index (χ1v) is 13.8. The Labute approximate surface area is 188 Å². The van der Waals surface area contributed by atoms with E-state index in [1.165, 1.54) is 36.3 Å². The van der Waals surface area contributed by atoms with Crippen LogP contribution in [0.4, 0.5) is 5.69 Å². The third kappa shape index (κ3) is 3.34. The maximum atomic E-state index is 13.3. The zero-order chi connectivity index (χ0) is 21.0. The summed E-state index contributed by atoms with van der Waals surface area (Å²) < 4.78 is 33.5. The molecule has 5 unspecified atom stereocenters. The Morgan fingerprint density at radius 2 is 2.00 bits per heavy atom. The molecule has 0 radical (unpaired) electrons. The maximum Gasteiger partial charge on any atom is 0.243 e. The number of hydrogen-bond acceptors (Lipinski definition) is 6. The van der Waals surface area contributed by atoms with Crippen molar-refractivity contribution in [2.75, 3.05) is 31.6 Å². The number of nitrogens with one attached hydrogen (secondary N) is 1. The minimum atomic E-state index is -3.49. The van der Waals surface area contributed by atoms with Gasteiger partial charge in [0.2, 0.25) is 10.0 Å². The molecule has 2 aliphatic heterocycles. The van der Waals surface area contributed by atoms with Crippen molar-refractivity contribution in [1.29, 1.82) is 0 Å². The minimum Gasteiger partial charge on any atom is -0.379 e. The largest absolute Gasteiger partial charge is 0.379 e. The highest BCUT2D eigenvalue weighted by Crippen LogP contribution is 2.59. The zero-order valence-electron chi connectivity index (χ0n) is 17.6. The fourth-order valence-corrected chi connectivity index (χ4v) is 8.80. The lowest BCUT2D eigenvalue weighted by molar-refractivity contribution is 0.0730. The summed E-state index contributed by atoms with van der Waals surface area (Å²) >= 11 is 1.73. The van der Waals surface area contributed by atoms with Gasteiger partial charge in [0, 0.05) is 30.4 Å². The van der Waals surface area contributed by atoms with Crippen molar-refractivity contribution >= 4 is 27.0 Å². The lowest BCUT2D eigenvalue weighted by atomic mass is 9.61. The summed E-state index contributed by atoms with van der Waals surface area (Å²) in [5.41, 5.74) is 2.27. The lowest BCUT2D eigenvalue weighted by Gasteiger charge is -2.48. The molecule has 1 N–H and O–H groups in total. The van der Waals surface area contributed by atoms with Crippen LogP contribution in [0.2, 0.25) is 0 Å². The number of hydrogen-bond donors (Lipinski definition) is 1. The highest BCUT2D eigenvalue weighted by Gasteiger charge is 2.49. The van der Waals surface area contributed by atoms with E-state index in [1.54, 1.807) is 21.7 Å². The van der Waals surface area contributed by atoms with E-state index in [2.05, 4.69) is 15.7 Å². The molecular formula is C23H29N3O3S2. The number of morpholine rings is 1. The van der Waals surface area contributed by atoms with Crippen LogP contribution in [0.15, 0.2) is 34.7 Å². The summed E-state index contributed by atoms with van der Waals surface area (Å²) in [5, 5.41) is 7.02. The van der Waals surface area contributed by atoms with Gasteiger partial charge >= 0.3 is 0 Å². The number of anilines is 1. The van der Waals surface area contributed by atoms with E-state index in [1.807, 2.05) is 18.3 Å². The Hall–Kier alpha value is -1.48. The van der Waals surface area contributed by atoms with E-state index in [0.717, 1.165) is 18.0 Å². The molecule has 6 nitrogen and oxygen atoms in total. The fraction of sp³-hybridized carbons (Fsp3) is 0.609. The molecule has 0 spiro atoms. The van der Waals surface area contributed by atoms with Crippen molar-refractivity contribution in [3.05, 3.63) is 40.3 Å². The number of aromatic nitrogens is 1. The predicted molar refractivity (Wildman–Crippen MR) is 121 cm³/mol. The van der Waals surface area contributed by atoms with Crippen molar-refractivity contribution in [3.8, 4) is 0 Å².